The Morgan fingerprint density at radius 2 is 2.21 bits per heavy atom. The molecular formula is C13H19FN2O2S. The van der Waals surface area contributed by atoms with Gasteiger partial charge in [-0.3, -0.25) is 0 Å². The Morgan fingerprint density at radius 1 is 1.47 bits per heavy atom. The van der Waals surface area contributed by atoms with Crippen molar-refractivity contribution in [3.8, 4) is 0 Å². The third-order valence-electron chi connectivity index (χ3n) is 3.45. The number of nitrogens with zero attached hydrogens (tertiary/aromatic N) is 1. The van der Waals surface area contributed by atoms with Crippen molar-refractivity contribution < 1.29 is 12.8 Å². The average molecular weight is 286 g/mol. The van der Waals surface area contributed by atoms with Crippen molar-refractivity contribution in [2.24, 2.45) is 5.73 Å². The molecule has 4 nitrogen and oxygen atoms in total. The highest BCUT2D eigenvalue weighted by Crippen LogP contribution is 2.22. The first-order valence-electron chi connectivity index (χ1n) is 6.38. The van der Waals surface area contributed by atoms with E-state index in [4.69, 9.17) is 5.73 Å². The summed E-state index contributed by atoms with van der Waals surface area (Å²) in [5, 5.41) is 0. The van der Waals surface area contributed by atoms with Gasteiger partial charge in [-0.2, -0.15) is 4.31 Å². The number of hydrogen-bond donors (Lipinski definition) is 1. The van der Waals surface area contributed by atoms with Crippen LogP contribution in [-0.2, 0) is 15.8 Å². The van der Waals surface area contributed by atoms with Gasteiger partial charge in [0.15, 0.2) is 0 Å². The molecule has 2 rings (SSSR count). The molecule has 1 aliphatic rings. The SMILES string of the molecule is C[C@H]1C[C@H](N)CCN1S(=O)(=O)Cc1cccc(F)c1. The number of hydrogen-bond acceptors (Lipinski definition) is 3. The summed E-state index contributed by atoms with van der Waals surface area (Å²) in [7, 11) is -3.41. The number of sulfonamides is 1. The van der Waals surface area contributed by atoms with Crippen molar-refractivity contribution in [1.29, 1.82) is 0 Å². The maximum Gasteiger partial charge on any atom is 0.218 e. The normalized spacial score (nSPS) is 25.4. The molecule has 0 aromatic heterocycles. The Labute approximate surface area is 113 Å². The minimum Gasteiger partial charge on any atom is -0.328 e. The van der Waals surface area contributed by atoms with Crippen LogP contribution in [0, 0.1) is 5.82 Å². The van der Waals surface area contributed by atoms with Crippen LogP contribution in [0.5, 0.6) is 0 Å². The van der Waals surface area contributed by atoms with Gasteiger partial charge < -0.3 is 5.73 Å². The second kappa shape index (κ2) is 5.56. The maximum atomic E-state index is 13.1. The molecule has 0 radical (unpaired) electrons. The number of benzene rings is 1. The van der Waals surface area contributed by atoms with Crippen LogP contribution in [0.25, 0.3) is 0 Å². The minimum absolute atomic E-state index is 0.0654. The summed E-state index contributed by atoms with van der Waals surface area (Å²) < 4.78 is 39.3. The summed E-state index contributed by atoms with van der Waals surface area (Å²) in [6, 6.07) is 5.69. The largest absolute Gasteiger partial charge is 0.328 e. The molecule has 1 aromatic rings. The summed E-state index contributed by atoms with van der Waals surface area (Å²) in [5.41, 5.74) is 6.31. The van der Waals surface area contributed by atoms with E-state index in [1.807, 2.05) is 6.92 Å². The van der Waals surface area contributed by atoms with Crippen molar-refractivity contribution in [3.05, 3.63) is 35.6 Å². The van der Waals surface area contributed by atoms with Gasteiger partial charge in [0.1, 0.15) is 5.82 Å². The number of rotatable bonds is 3. The van der Waals surface area contributed by atoms with Crippen molar-refractivity contribution in [2.45, 2.75) is 37.6 Å². The van der Waals surface area contributed by atoms with E-state index in [2.05, 4.69) is 0 Å². The quantitative estimate of drug-likeness (QED) is 0.915. The van der Waals surface area contributed by atoms with E-state index in [0.717, 1.165) is 0 Å². The van der Waals surface area contributed by atoms with Gasteiger partial charge >= 0.3 is 0 Å². The molecule has 1 heterocycles. The van der Waals surface area contributed by atoms with Crippen molar-refractivity contribution in [1.82, 2.24) is 4.31 Å². The van der Waals surface area contributed by atoms with E-state index >= 15 is 0 Å². The monoisotopic (exact) mass is 286 g/mol. The van der Waals surface area contributed by atoms with Gasteiger partial charge in [0.05, 0.1) is 5.75 Å². The molecule has 1 fully saturated rings. The van der Waals surface area contributed by atoms with Gasteiger partial charge in [-0.1, -0.05) is 12.1 Å². The zero-order valence-corrected chi connectivity index (χ0v) is 11.7. The van der Waals surface area contributed by atoms with Crippen LogP contribution in [0.1, 0.15) is 25.3 Å². The molecule has 1 aromatic carbocycles. The number of piperidine rings is 1. The molecule has 0 spiro atoms. The highest BCUT2D eigenvalue weighted by atomic mass is 32.2. The maximum absolute atomic E-state index is 13.1. The lowest BCUT2D eigenvalue weighted by Crippen LogP contribution is -2.48. The predicted octanol–water partition coefficient (Wildman–Crippen LogP) is 1.47. The van der Waals surface area contributed by atoms with E-state index in [9.17, 15) is 12.8 Å². The smallest absolute Gasteiger partial charge is 0.218 e. The molecule has 6 heteroatoms. The molecule has 0 saturated carbocycles. The Balaban J connectivity index is 2.14. The fraction of sp³-hybridized carbons (Fsp3) is 0.538. The molecule has 0 aliphatic carbocycles. The number of halogens is 1. The molecule has 0 bridgehead atoms. The van der Waals surface area contributed by atoms with Crippen molar-refractivity contribution >= 4 is 10.0 Å². The zero-order chi connectivity index (χ0) is 14.0. The second-order valence-corrected chi connectivity index (χ2v) is 7.05. The van der Waals surface area contributed by atoms with Crippen LogP contribution in [0.3, 0.4) is 0 Å². The second-order valence-electron chi connectivity index (χ2n) is 5.13. The lowest BCUT2D eigenvalue weighted by atomic mass is 10.0. The molecule has 106 valence electrons. The van der Waals surface area contributed by atoms with Gasteiger partial charge in [0.25, 0.3) is 0 Å². The third kappa shape index (κ3) is 3.52. The Hall–Kier alpha value is -0.980. The van der Waals surface area contributed by atoms with Crippen LogP contribution >= 0.6 is 0 Å². The van der Waals surface area contributed by atoms with Crippen LogP contribution in [-0.4, -0.2) is 31.4 Å². The van der Waals surface area contributed by atoms with E-state index < -0.39 is 15.8 Å². The molecule has 2 N–H and O–H groups in total. The van der Waals surface area contributed by atoms with Crippen LogP contribution in [0.2, 0.25) is 0 Å². The molecule has 1 aliphatic heterocycles. The van der Waals surface area contributed by atoms with E-state index in [-0.39, 0.29) is 17.8 Å². The summed E-state index contributed by atoms with van der Waals surface area (Å²) in [5.74, 6) is -0.578. The van der Waals surface area contributed by atoms with Gasteiger partial charge in [-0.05, 0) is 37.5 Å². The summed E-state index contributed by atoms with van der Waals surface area (Å²) >= 11 is 0. The van der Waals surface area contributed by atoms with E-state index in [1.165, 1.54) is 22.5 Å². The number of nitrogens with two attached hydrogens (primary N) is 1. The van der Waals surface area contributed by atoms with E-state index in [1.54, 1.807) is 6.07 Å². The summed E-state index contributed by atoms with van der Waals surface area (Å²) in [4.78, 5) is 0. The van der Waals surface area contributed by atoms with Gasteiger partial charge in [-0.25, -0.2) is 12.8 Å². The lowest BCUT2D eigenvalue weighted by Gasteiger charge is -2.35. The highest BCUT2D eigenvalue weighted by molar-refractivity contribution is 7.88. The first-order chi connectivity index (χ1) is 8.88. The average Bonchev–Trinajstić information content (AvgIpc) is 2.27. The molecule has 0 unspecified atom stereocenters. The zero-order valence-electron chi connectivity index (χ0n) is 10.9. The highest BCUT2D eigenvalue weighted by Gasteiger charge is 2.32. The molecule has 19 heavy (non-hydrogen) atoms. The fourth-order valence-electron chi connectivity index (χ4n) is 2.52. The topological polar surface area (TPSA) is 63.4 Å². The van der Waals surface area contributed by atoms with Crippen molar-refractivity contribution in [3.63, 3.8) is 0 Å². The minimum atomic E-state index is -3.41. The van der Waals surface area contributed by atoms with Gasteiger partial charge in [0, 0.05) is 18.6 Å². The molecule has 2 atom stereocenters. The van der Waals surface area contributed by atoms with Crippen LogP contribution in [0.4, 0.5) is 4.39 Å². The Kier molecular flexibility index (Phi) is 4.23. The van der Waals surface area contributed by atoms with Crippen LogP contribution < -0.4 is 5.73 Å². The Bertz CT molecular complexity index is 547. The Morgan fingerprint density at radius 3 is 2.84 bits per heavy atom. The fourth-order valence-corrected chi connectivity index (χ4v) is 4.31. The lowest BCUT2D eigenvalue weighted by molar-refractivity contribution is 0.247. The van der Waals surface area contributed by atoms with Gasteiger partial charge in [0.2, 0.25) is 10.0 Å². The van der Waals surface area contributed by atoms with E-state index in [0.29, 0.717) is 24.9 Å². The molecule has 0 amide bonds. The summed E-state index contributed by atoms with van der Waals surface area (Å²) in [6.45, 7) is 2.31. The van der Waals surface area contributed by atoms with Gasteiger partial charge in [-0.15, -0.1) is 0 Å². The van der Waals surface area contributed by atoms with Crippen LogP contribution in [0.15, 0.2) is 24.3 Å². The first kappa shape index (κ1) is 14.4. The first-order valence-corrected chi connectivity index (χ1v) is 7.99. The molecule has 1 saturated heterocycles. The molecular weight excluding hydrogens is 267 g/mol. The predicted molar refractivity (Wildman–Crippen MR) is 72.4 cm³/mol. The summed E-state index contributed by atoms with van der Waals surface area (Å²) in [6.07, 6.45) is 1.34. The standard InChI is InChI=1S/C13H19FN2O2S/c1-10-7-13(15)5-6-16(10)19(17,18)9-11-3-2-4-12(14)8-11/h2-4,8,10,13H,5-7,9,15H2,1H3/t10-,13+/m0/s1. The van der Waals surface area contributed by atoms with Crippen molar-refractivity contribution in [2.75, 3.05) is 6.54 Å². The third-order valence-corrected chi connectivity index (χ3v) is 5.41.